The molecule has 0 radical (unpaired) electrons. The van der Waals surface area contributed by atoms with Crippen molar-refractivity contribution in [1.29, 1.82) is 0 Å². The van der Waals surface area contributed by atoms with E-state index < -0.39 is 0 Å². The third kappa shape index (κ3) is 2.39. The predicted molar refractivity (Wildman–Crippen MR) is 91.2 cm³/mol. The first-order chi connectivity index (χ1) is 11.8. The SMILES string of the molecule is O=C(c1ccc2ncsc2c1)N1CCC(n2cc(C3CC3)nn2)C1. The number of nitrogens with zero attached hydrogens (tertiary/aromatic N) is 5. The summed E-state index contributed by atoms with van der Waals surface area (Å²) in [6.45, 7) is 1.47. The largest absolute Gasteiger partial charge is 0.336 e. The number of carbonyl (C=O) groups is 1. The zero-order valence-corrected chi connectivity index (χ0v) is 13.9. The van der Waals surface area contributed by atoms with Gasteiger partial charge in [0, 0.05) is 30.8 Å². The van der Waals surface area contributed by atoms with Gasteiger partial charge in [-0.05, 0) is 37.5 Å². The Kier molecular flexibility index (Phi) is 3.16. The molecule has 1 saturated carbocycles. The van der Waals surface area contributed by atoms with Crippen LogP contribution in [0.25, 0.3) is 10.2 Å². The van der Waals surface area contributed by atoms with Gasteiger partial charge in [-0.3, -0.25) is 4.79 Å². The van der Waals surface area contributed by atoms with E-state index in [1.807, 2.05) is 33.3 Å². The Morgan fingerprint density at radius 1 is 1.25 bits per heavy atom. The van der Waals surface area contributed by atoms with Crippen LogP contribution < -0.4 is 0 Å². The number of hydrogen-bond donors (Lipinski definition) is 0. The molecule has 1 unspecified atom stereocenters. The van der Waals surface area contributed by atoms with Crippen molar-refractivity contribution < 1.29 is 4.79 Å². The topological polar surface area (TPSA) is 63.9 Å². The molecule has 1 atom stereocenters. The summed E-state index contributed by atoms with van der Waals surface area (Å²) in [4.78, 5) is 19.0. The van der Waals surface area contributed by atoms with Crippen molar-refractivity contribution in [3.63, 3.8) is 0 Å². The molecule has 2 fully saturated rings. The van der Waals surface area contributed by atoms with Gasteiger partial charge < -0.3 is 4.90 Å². The number of thiazole rings is 1. The predicted octanol–water partition coefficient (Wildman–Crippen LogP) is 2.85. The molecule has 1 amide bonds. The van der Waals surface area contributed by atoms with Crippen molar-refractivity contribution >= 4 is 27.5 Å². The van der Waals surface area contributed by atoms with Crippen molar-refractivity contribution in [1.82, 2.24) is 24.9 Å². The Labute approximate surface area is 143 Å². The quantitative estimate of drug-likeness (QED) is 0.736. The lowest BCUT2D eigenvalue weighted by Gasteiger charge is -2.16. The molecule has 2 aromatic heterocycles. The number of likely N-dealkylation sites (tertiary alicyclic amines) is 1. The van der Waals surface area contributed by atoms with Crippen molar-refractivity contribution in [2.24, 2.45) is 0 Å². The third-order valence-corrected chi connectivity index (χ3v) is 5.72. The van der Waals surface area contributed by atoms with E-state index in [9.17, 15) is 4.79 Å². The van der Waals surface area contributed by atoms with Gasteiger partial charge in [-0.15, -0.1) is 16.4 Å². The van der Waals surface area contributed by atoms with Gasteiger partial charge in [-0.1, -0.05) is 5.21 Å². The van der Waals surface area contributed by atoms with E-state index in [0.717, 1.165) is 34.4 Å². The van der Waals surface area contributed by atoms with Gasteiger partial charge in [0.25, 0.3) is 5.91 Å². The standard InChI is InChI=1S/C17H17N5OS/c23-17(12-3-4-14-16(7-12)24-10-18-14)21-6-5-13(8-21)22-9-15(19-20-22)11-1-2-11/h3-4,7,9-11,13H,1-2,5-6,8H2. The summed E-state index contributed by atoms with van der Waals surface area (Å²) in [7, 11) is 0. The van der Waals surface area contributed by atoms with Crippen LogP contribution in [-0.4, -0.2) is 43.9 Å². The van der Waals surface area contributed by atoms with Gasteiger partial charge in [-0.2, -0.15) is 0 Å². The molecule has 6 nitrogen and oxygen atoms in total. The summed E-state index contributed by atoms with van der Waals surface area (Å²) in [5.41, 5.74) is 4.61. The number of hydrogen-bond acceptors (Lipinski definition) is 5. The minimum Gasteiger partial charge on any atom is -0.336 e. The second-order valence-corrected chi connectivity index (χ2v) is 7.51. The van der Waals surface area contributed by atoms with Gasteiger partial charge in [0.05, 0.1) is 27.5 Å². The van der Waals surface area contributed by atoms with Crippen molar-refractivity contribution in [2.45, 2.75) is 31.2 Å². The number of benzene rings is 1. The monoisotopic (exact) mass is 339 g/mol. The fraction of sp³-hybridized carbons (Fsp3) is 0.412. The Hall–Kier alpha value is -2.28. The molecular weight excluding hydrogens is 322 g/mol. The molecule has 0 N–H and O–H groups in total. The van der Waals surface area contributed by atoms with Crippen molar-refractivity contribution in [3.8, 4) is 0 Å². The highest BCUT2D eigenvalue weighted by Crippen LogP contribution is 2.39. The van der Waals surface area contributed by atoms with E-state index in [4.69, 9.17) is 0 Å². The Morgan fingerprint density at radius 2 is 2.17 bits per heavy atom. The summed E-state index contributed by atoms with van der Waals surface area (Å²) in [6.07, 6.45) is 5.46. The molecule has 5 rings (SSSR count). The highest BCUT2D eigenvalue weighted by atomic mass is 32.1. The average molecular weight is 339 g/mol. The van der Waals surface area contributed by atoms with Crippen LogP contribution in [0.2, 0.25) is 0 Å². The number of rotatable bonds is 3. The lowest BCUT2D eigenvalue weighted by Crippen LogP contribution is -2.29. The maximum Gasteiger partial charge on any atom is 0.253 e. The van der Waals surface area contributed by atoms with E-state index in [2.05, 4.69) is 21.5 Å². The Morgan fingerprint density at radius 3 is 3.04 bits per heavy atom. The highest BCUT2D eigenvalue weighted by molar-refractivity contribution is 7.16. The fourth-order valence-corrected chi connectivity index (χ4v) is 4.06. The molecule has 1 aromatic carbocycles. The normalized spacial score (nSPS) is 20.8. The Balaban J connectivity index is 1.32. The minimum atomic E-state index is 0.0929. The second-order valence-electron chi connectivity index (χ2n) is 6.63. The fourth-order valence-electron chi connectivity index (χ4n) is 3.35. The van der Waals surface area contributed by atoms with Crippen LogP contribution in [0.3, 0.4) is 0 Å². The maximum absolute atomic E-state index is 12.8. The van der Waals surface area contributed by atoms with E-state index in [-0.39, 0.29) is 11.9 Å². The van der Waals surface area contributed by atoms with Crippen LogP contribution in [0.15, 0.2) is 29.9 Å². The van der Waals surface area contributed by atoms with Crippen molar-refractivity contribution in [2.75, 3.05) is 13.1 Å². The first kappa shape index (κ1) is 14.1. The van der Waals surface area contributed by atoms with Crippen LogP contribution in [-0.2, 0) is 0 Å². The van der Waals surface area contributed by atoms with Crippen LogP contribution in [0, 0.1) is 0 Å². The van der Waals surface area contributed by atoms with E-state index in [1.54, 1.807) is 11.3 Å². The van der Waals surface area contributed by atoms with Gasteiger partial charge in [0.15, 0.2) is 0 Å². The molecular formula is C17H17N5OS. The van der Waals surface area contributed by atoms with Crippen LogP contribution in [0.5, 0.6) is 0 Å². The van der Waals surface area contributed by atoms with Crippen molar-refractivity contribution in [3.05, 3.63) is 41.2 Å². The number of aromatic nitrogens is 4. The number of carbonyl (C=O) groups excluding carboxylic acids is 1. The van der Waals surface area contributed by atoms with Crippen LogP contribution in [0.1, 0.15) is 47.3 Å². The molecule has 1 saturated heterocycles. The van der Waals surface area contributed by atoms with Crippen LogP contribution in [0.4, 0.5) is 0 Å². The van der Waals surface area contributed by atoms with E-state index in [0.29, 0.717) is 12.5 Å². The lowest BCUT2D eigenvalue weighted by atomic mass is 10.2. The molecule has 1 aliphatic heterocycles. The molecule has 7 heteroatoms. The molecule has 0 spiro atoms. The zero-order chi connectivity index (χ0) is 16.1. The smallest absolute Gasteiger partial charge is 0.253 e. The summed E-state index contributed by atoms with van der Waals surface area (Å²) in [5.74, 6) is 0.708. The number of fused-ring (bicyclic) bond motifs is 1. The van der Waals surface area contributed by atoms with E-state index >= 15 is 0 Å². The van der Waals surface area contributed by atoms with Gasteiger partial charge in [0.2, 0.25) is 0 Å². The molecule has 24 heavy (non-hydrogen) atoms. The Bertz CT molecular complexity index is 912. The third-order valence-electron chi connectivity index (χ3n) is 4.93. The lowest BCUT2D eigenvalue weighted by molar-refractivity contribution is 0.0787. The summed E-state index contributed by atoms with van der Waals surface area (Å²) < 4.78 is 3.01. The minimum absolute atomic E-state index is 0.0929. The van der Waals surface area contributed by atoms with Crippen LogP contribution >= 0.6 is 11.3 Å². The first-order valence-electron chi connectivity index (χ1n) is 8.32. The number of amides is 1. The highest BCUT2D eigenvalue weighted by Gasteiger charge is 2.31. The van der Waals surface area contributed by atoms with Gasteiger partial charge in [0.1, 0.15) is 0 Å². The molecule has 3 heterocycles. The molecule has 1 aliphatic carbocycles. The van der Waals surface area contributed by atoms with Gasteiger partial charge in [-0.25, -0.2) is 9.67 Å². The molecule has 0 bridgehead atoms. The average Bonchev–Trinajstić information content (AvgIpc) is 3.06. The summed E-state index contributed by atoms with van der Waals surface area (Å²) in [6, 6.07) is 5.98. The molecule has 2 aliphatic rings. The molecule has 122 valence electrons. The molecule has 3 aromatic rings. The summed E-state index contributed by atoms with van der Waals surface area (Å²) >= 11 is 1.57. The van der Waals surface area contributed by atoms with Gasteiger partial charge >= 0.3 is 0 Å². The first-order valence-corrected chi connectivity index (χ1v) is 9.20. The second kappa shape index (κ2) is 5.37. The summed E-state index contributed by atoms with van der Waals surface area (Å²) in [5, 5.41) is 8.57. The van der Waals surface area contributed by atoms with E-state index in [1.165, 1.54) is 12.8 Å². The zero-order valence-electron chi connectivity index (χ0n) is 13.1. The maximum atomic E-state index is 12.8.